The normalized spacial score (nSPS) is 19.0. The van der Waals surface area contributed by atoms with Gasteiger partial charge in [-0.2, -0.15) is 0 Å². The molecule has 0 unspecified atom stereocenters. The lowest BCUT2D eigenvalue weighted by atomic mass is 9.79. The van der Waals surface area contributed by atoms with Crippen LogP contribution < -0.4 is 11.5 Å². The van der Waals surface area contributed by atoms with Gasteiger partial charge in [-0.1, -0.05) is 0 Å². The van der Waals surface area contributed by atoms with Gasteiger partial charge in [0.05, 0.1) is 28.1 Å². The fraction of sp³-hybridized carbons (Fsp3) is 0.250. The highest BCUT2D eigenvalue weighted by atomic mass is 16.2. The van der Waals surface area contributed by atoms with E-state index in [1.807, 2.05) is 0 Å². The number of aromatic nitrogens is 2. The number of ketones is 5. The van der Waals surface area contributed by atoms with Crippen molar-refractivity contribution in [1.29, 1.82) is 0 Å². The van der Waals surface area contributed by atoms with E-state index in [4.69, 9.17) is 11.5 Å². The van der Waals surface area contributed by atoms with E-state index >= 15 is 0 Å². The second kappa shape index (κ2) is 6.87. The highest BCUT2D eigenvalue weighted by Crippen LogP contribution is 2.37. The molecule has 0 amide bonds. The fourth-order valence-electron chi connectivity index (χ4n) is 3.98. The molecule has 0 fully saturated rings. The van der Waals surface area contributed by atoms with Gasteiger partial charge in [-0.15, -0.1) is 0 Å². The Morgan fingerprint density at radius 2 is 1.28 bits per heavy atom. The van der Waals surface area contributed by atoms with Crippen LogP contribution in [0.25, 0.3) is 5.57 Å². The summed E-state index contributed by atoms with van der Waals surface area (Å²) in [5, 5.41) is 0. The van der Waals surface area contributed by atoms with E-state index < -0.39 is 35.3 Å². The highest BCUT2D eigenvalue weighted by Gasteiger charge is 2.43. The molecule has 2 aromatic heterocycles. The van der Waals surface area contributed by atoms with Crippen molar-refractivity contribution in [2.45, 2.75) is 19.3 Å². The summed E-state index contributed by atoms with van der Waals surface area (Å²) < 4.78 is 0. The maximum atomic E-state index is 13.1. The number of nitrogens with two attached hydrogens (primary N) is 2. The topological polar surface area (TPSA) is 169 Å². The van der Waals surface area contributed by atoms with Gasteiger partial charge in [-0.25, -0.2) is 0 Å². The lowest BCUT2D eigenvalue weighted by Crippen LogP contribution is -2.33. The van der Waals surface area contributed by atoms with Gasteiger partial charge in [0, 0.05) is 18.8 Å². The first-order valence-corrected chi connectivity index (χ1v) is 9.16. The van der Waals surface area contributed by atoms with Crippen LogP contribution in [0.1, 0.15) is 54.4 Å². The first-order valence-electron chi connectivity index (χ1n) is 9.16. The zero-order chi connectivity index (χ0) is 20.9. The largest absolute Gasteiger partial charge is 0.361 e. The molecule has 9 nitrogen and oxygen atoms in total. The Morgan fingerprint density at radius 1 is 0.724 bits per heavy atom. The number of carbonyl (C=O) groups excluding carboxylic acids is 5. The summed E-state index contributed by atoms with van der Waals surface area (Å²) >= 11 is 0. The molecular formula is C20H18N4O5. The van der Waals surface area contributed by atoms with Gasteiger partial charge in [0.15, 0.2) is 0 Å². The van der Waals surface area contributed by atoms with E-state index in [9.17, 15) is 24.0 Å². The third kappa shape index (κ3) is 2.66. The Labute approximate surface area is 164 Å². The van der Waals surface area contributed by atoms with Gasteiger partial charge in [-0.3, -0.25) is 24.0 Å². The van der Waals surface area contributed by atoms with Crippen molar-refractivity contribution in [3.05, 3.63) is 51.6 Å². The van der Waals surface area contributed by atoms with Crippen molar-refractivity contribution in [1.82, 2.24) is 9.97 Å². The molecule has 2 aromatic rings. The summed E-state index contributed by atoms with van der Waals surface area (Å²) in [4.78, 5) is 69.1. The third-order valence-corrected chi connectivity index (χ3v) is 5.29. The van der Waals surface area contributed by atoms with Crippen molar-refractivity contribution in [3.63, 3.8) is 0 Å². The number of Topliss-reactive ketones (excluding diaryl/α,β-unsaturated/α-hetero) is 5. The highest BCUT2D eigenvalue weighted by molar-refractivity contribution is 6.61. The molecule has 0 saturated heterocycles. The van der Waals surface area contributed by atoms with Crippen LogP contribution in [0.15, 0.2) is 18.0 Å². The van der Waals surface area contributed by atoms with Crippen LogP contribution in [-0.4, -0.2) is 52.0 Å². The molecule has 9 heteroatoms. The van der Waals surface area contributed by atoms with Crippen molar-refractivity contribution < 1.29 is 24.0 Å². The number of carbonyl (C=O) groups is 5. The standard InChI is InChI=1S/C20H18N4O5/c21-3-1-8-6-23-15-10(5-11(25)17(26)12(8)15)14-18(27)16-13(19(28)20(14)29)9(2-4-22)7-24-16/h6-7,23-24H,1-5,21-22H2. The molecule has 0 atom stereocenters. The molecule has 2 aliphatic carbocycles. The Morgan fingerprint density at radius 3 is 1.86 bits per heavy atom. The number of hydrogen-bond acceptors (Lipinski definition) is 7. The number of nitrogens with one attached hydrogen (secondary N) is 2. The SMILES string of the molecule is NCCc1c[nH]c2c1C(=O)C(=O)C(=C1CC(=O)C(=O)c3c(CCN)c[nH]c31)C2=O. The van der Waals surface area contributed by atoms with Gasteiger partial charge in [0.2, 0.25) is 28.9 Å². The second-order valence-corrected chi connectivity index (χ2v) is 6.98. The quantitative estimate of drug-likeness (QED) is 0.319. The predicted molar refractivity (Wildman–Crippen MR) is 102 cm³/mol. The number of hydrogen-bond donors (Lipinski definition) is 4. The number of rotatable bonds is 4. The molecular weight excluding hydrogens is 376 g/mol. The first-order chi connectivity index (χ1) is 13.9. The van der Waals surface area contributed by atoms with E-state index in [1.165, 1.54) is 12.4 Å². The van der Waals surface area contributed by atoms with Crippen LogP contribution >= 0.6 is 0 Å². The van der Waals surface area contributed by atoms with Gasteiger partial charge in [0.25, 0.3) is 0 Å². The summed E-state index contributed by atoms with van der Waals surface area (Å²) in [6.07, 6.45) is 3.27. The molecule has 0 aromatic carbocycles. The average Bonchev–Trinajstić information content (AvgIpc) is 3.30. The van der Waals surface area contributed by atoms with Crippen molar-refractivity contribution in [2.24, 2.45) is 11.5 Å². The molecule has 4 rings (SSSR count). The van der Waals surface area contributed by atoms with Crippen LogP contribution in [0, 0.1) is 0 Å². The predicted octanol–water partition coefficient (Wildman–Crippen LogP) is -0.0974. The molecule has 29 heavy (non-hydrogen) atoms. The Balaban J connectivity index is 1.94. The minimum absolute atomic E-state index is 0.000173. The molecule has 2 aliphatic rings. The molecule has 0 radical (unpaired) electrons. The summed E-state index contributed by atoms with van der Waals surface area (Å²) in [5.41, 5.74) is 12.2. The van der Waals surface area contributed by atoms with Crippen molar-refractivity contribution in [2.75, 3.05) is 13.1 Å². The van der Waals surface area contributed by atoms with Gasteiger partial charge >= 0.3 is 0 Å². The van der Waals surface area contributed by atoms with E-state index in [1.54, 1.807) is 0 Å². The lowest BCUT2D eigenvalue weighted by molar-refractivity contribution is -0.114. The molecule has 6 N–H and O–H groups in total. The van der Waals surface area contributed by atoms with Crippen molar-refractivity contribution >= 4 is 34.5 Å². The van der Waals surface area contributed by atoms with Crippen LogP contribution in [0.3, 0.4) is 0 Å². The summed E-state index contributed by atoms with van der Waals surface area (Å²) in [6.45, 7) is 0.504. The van der Waals surface area contributed by atoms with E-state index in [0.29, 0.717) is 24.0 Å². The monoisotopic (exact) mass is 394 g/mol. The smallest absolute Gasteiger partial charge is 0.237 e. The van der Waals surface area contributed by atoms with Crippen LogP contribution in [0.5, 0.6) is 0 Å². The molecule has 148 valence electrons. The first kappa shape index (κ1) is 18.9. The lowest BCUT2D eigenvalue weighted by Gasteiger charge is -2.20. The van der Waals surface area contributed by atoms with Gasteiger partial charge in [0.1, 0.15) is 0 Å². The zero-order valence-corrected chi connectivity index (χ0v) is 15.4. The molecule has 0 bridgehead atoms. The molecule has 2 heterocycles. The minimum atomic E-state index is -0.988. The van der Waals surface area contributed by atoms with Gasteiger partial charge in [-0.05, 0) is 42.6 Å². The molecule has 0 aliphatic heterocycles. The molecule has 0 spiro atoms. The maximum Gasteiger partial charge on any atom is 0.237 e. The molecule has 0 saturated carbocycles. The van der Waals surface area contributed by atoms with E-state index in [-0.39, 0.29) is 46.8 Å². The Hall–Kier alpha value is -3.43. The second-order valence-electron chi connectivity index (χ2n) is 6.98. The fourth-order valence-corrected chi connectivity index (χ4v) is 3.98. The maximum absolute atomic E-state index is 13.1. The number of H-pyrrole nitrogens is 2. The third-order valence-electron chi connectivity index (χ3n) is 5.29. The summed E-state index contributed by atoms with van der Waals surface area (Å²) in [6, 6.07) is 0. The Kier molecular flexibility index (Phi) is 4.48. The summed E-state index contributed by atoms with van der Waals surface area (Å²) in [7, 11) is 0. The number of allylic oxidation sites excluding steroid dienone is 2. The van der Waals surface area contributed by atoms with Gasteiger partial charge < -0.3 is 21.4 Å². The zero-order valence-electron chi connectivity index (χ0n) is 15.4. The Bertz CT molecular complexity index is 1150. The number of fused-ring (bicyclic) bond motifs is 2. The summed E-state index contributed by atoms with van der Waals surface area (Å²) in [5.74, 6) is -3.93. The number of aromatic amines is 2. The van der Waals surface area contributed by atoms with E-state index in [0.717, 1.165) is 0 Å². The minimum Gasteiger partial charge on any atom is -0.361 e. The van der Waals surface area contributed by atoms with E-state index in [2.05, 4.69) is 9.97 Å². The van der Waals surface area contributed by atoms with Crippen LogP contribution in [-0.2, 0) is 22.4 Å². The van der Waals surface area contributed by atoms with Crippen LogP contribution in [0.4, 0.5) is 0 Å². The average molecular weight is 394 g/mol. The van der Waals surface area contributed by atoms with Crippen molar-refractivity contribution in [3.8, 4) is 0 Å². The van der Waals surface area contributed by atoms with Crippen LogP contribution in [0.2, 0.25) is 0 Å².